The molecular formula is C11H13BrClN3O4. The molecule has 0 aliphatic heterocycles. The van der Waals surface area contributed by atoms with E-state index in [2.05, 4.69) is 20.9 Å². The van der Waals surface area contributed by atoms with Gasteiger partial charge in [0.25, 0.3) is 0 Å². The van der Waals surface area contributed by atoms with Gasteiger partial charge in [0.1, 0.15) is 10.6 Å². The maximum atomic E-state index is 11.9. The van der Waals surface area contributed by atoms with Gasteiger partial charge in [-0.15, -0.1) is 0 Å². The summed E-state index contributed by atoms with van der Waals surface area (Å²) in [4.78, 5) is 27.1. The van der Waals surface area contributed by atoms with Gasteiger partial charge in [-0.3, -0.25) is 15.0 Å². The Morgan fingerprint density at radius 3 is 2.55 bits per heavy atom. The zero-order valence-corrected chi connectivity index (χ0v) is 13.6. The average molecular weight is 367 g/mol. The minimum absolute atomic E-state index is 0.129. The first-order valence-corrected chi connectivity index (χ1v) is 6.66. The third-order valence-corrected chi connectivity index (χ3v) is 3.31. The van der Waals surface area contributed by atoms with Crippen LogP contribution in [-0.2, 0) is 4.74 Å². The van der Waals surface area contributed by atoms with Crippen LogP contribution in [0.3, 0.4) is 0 Å². The summed E-state index contributed by atoms with van der Waals surface area (Å²) in [5.41, 5.74) is -1.19. The Hall–Kier alpha value is -1.41. The molecule has 0 spiro atoms. The van der Waals surface area contributed by atoms with Crippen molar-refractivity contribution in [1.82, 2.24) is 4.98 Å². The van der Waals surface area contributed by atoms with Crippen LogP contribution < -0.4 is 4.90 Å². The van der Waals surface area contributed by atoms with Gasteiger partial charge in [-0.25, -0.2) is 9.78 Å². The summed E-state index contributed by atoms with van der Waals surface area (Å²) < 4.78 is 5.40. The second-order valence-electron chi connectivity index (χ2n) is 4.89. The molecule has 0 aromatic carbocycles. The smallest absolute Gasteiger partial charge is 0.415 e. The van der Waals surface area contributed by atoms with Crippen LogP contribution in [0.4, 0.5) is 16.3 Å². The van der Waals surface area contributed by atoms with Gasteiger partial charge in [0.2, 0.25) is 5.82 Å². The molecule has 0 saturated carbocycles. The molecule has 1 amide bonds. The van der Waals surface area contributed by atoms with Crippen LogP contribution >= 0.6 is 27.5 Å². The van der Waals surface area contributed by atoms with E-state index in [0.717, 1.165) is 4.90 Å². The van der Waals surface area contributed by atoms with E-state index < -0.39 is 22.3 Å². The SMILES string of the molecule is CN(C(=O)OC(C)(C)C)c1ncc(Br)c(Cl)c1[N+](=O)[O-]. The first-order chi connectivity index (χ1) is 9.04. The fourth-order valence-corrected chi connectivity index (χ4v) is 1.76. The summed E-state index contributed by atoms with van der Waals surface area (Å²) in [5, 5.41) is 11.0. The molecule has 1 heterocycles. The third-order valence-electron chi connectivity index (χ3n) is 2.10. The van der Waals surface area contributed by atoms with Crippen molar-refractivity contribution in [3.8, 4) is 0 Å². The number of aromatic nitrogens is 1. The Balaban J connectivity index is 3.23. The number of carbonyl (C=O) groups is 1. The van der Waals surface area contributed by atoms with Crippen LogP contribution in [0.2, 0.25) is 5.02 Å². The summed E-state index contributed by atoms with van der Waals surface area (Å²) >= 11 is 8.92. The lowest BCUT2D eigenvalue weighted by Gasteiger charge is -2.24. The topological polar surface area (TPSA) is 85.6 Å². The fraction of sp³-hybridized carbons (Fsp3) is 0.455. The molecule has 0 N–H and O–H groups in total. The molecule has 0 radical (unpaired) electrons. The van der Waals surface area contributed by atoms with Crippen LogP contribution in [0.25, 0.3) is 0 Å². The van der Waals surface area contributed by atoms with Gasteiger partial charge in [0, 0.05) is 13.2 Å². The second-order valence-corrected chi connectivity index (χ2v) is 6.12. The first-order valence-electron chi connectivity index (χ1n) is 5.49. The summed E-state index contributed by atoms with van der Waals surface area (Å²) in [6.07, 6.45) is 0.525. The van der Waals surface area contributed by atoms with Crippen LogP contribution in [-0.4, -0.2) is 28.6 Å². The fourth-order valence-electron chi connectivity index (χ4n) is 1.27. The van der Waals surface area contributed by atoms with Gasteiger partial charge >= 0.3 is 11.8 Å². The van der Waals surface area contributed by atoms with E-state index in [0.29, 0.717) is 0 Å². The molecule has 0 atom stereocenters. The molecule has 9 heteroatoms. The zero-order valence-electron chi connectivity index (χ0n) is 11.3. The van der Waals surface area contributed by atoms with E-state index in [-0.39, 0.29) is 15.3 Å². The predicted molar refractivity (Wildman–Crippen MR) is 78.2 cm³/mol. The summed E-state index contributed by atoms with van der Waals surface area (Å²) in [5.74, 6) is -0.183. The highest BCUT2D eigenvalue weighted by molar-refractivity contribution is 9.10. The zero-order chi connectivity index (χ0) is 15.7. The first kappa shape index (κ1) is 16.6. The Morgan fingerprint density at radius 1 is 1.55 bits per heavy atom. The van der Waals surface area contributed by atoms with Crippen LogP contribution in [0, 0.1) is 10.1 Å². The number of rotatable bonds is 2. The molecule has 0 aliphatic carbocycles. The van der Waals surface area contributed by atoms with Gasteiger partial charge < -0.3 is 4.74 Å². The molecule has 7 nitrogen and oxygen atoms in total. The summed E-state index contributed by atoms with van der Waals surface area (Å²) in [6, 6.07) is 0. The van der Waals surface area contributed by atoms with Crippen molar-refractivity contribution in [2.45, 2.75) is 26.4 Å². The molecule has 1 aromatic heterocycles. The standard InChI is InChI=1S/C11H13BrClN3O4/c1-11(2,3)20-10(17)15(4)9-8(16(18)19)7(13)6(12)5-14-9/h5H,1-4H3. The number of anilines is 1. The van der Waals surface area contributed by atoms with Crippen molar-refractivity contribution in [2.75, 3.05) is 11.9 Å². The maximum absolute atomic E-state index is 11.9. The van der Waals surface area contributed by atoms with Crippen LogP contribution in [0.15, 0.2) is 10.7 Å². The maximum Gasteiger partial charge on any atom is 0.415 e. The highest BCUT2D eigenvalue weighted by Crippen LogP contribution is 2.38. The van der Waals surface area contributed by atoms with E-state index in [1.165, 1.54) is 13.2 Å². The van der Waals surface area contributed by atoms with Gasteiger partial charge in [0.15, 0.2) is 0 Å². The lowest BCUT2D eigenvalue weighted by Crippen LogP contribution is -2.35. The minimum atomic E-state index is -0.758. The Bertz CT molecular complexity index is 559. The number of ether oxygens (including phenoxy) is 1. The number of hydrogen-bond acceptors (Lipinski definition) is 5. The predicted octanol–water partition coefficient (Wildman–Crippen LogP) is 3.78. The normalized spacial score (nSPS) is 11.1. The summed E-state index contributed by atoms with van der Waals surface area (Å²) in [6.45, 7) is 5.07. The van der Waals surface area contributed by atoms with Gasteiger partial charge in [-0.05, 0) is 36.7 Å². The Morgan fingerprint density at radius 2 is 2.10 bits per heavy atom. The molecule has 0 bridgehead atoms. The largest absolute Gasteiger partial charge is 0.443 e. The van der Waals surface area contributed by atoms with Gasteiger partial charge in [-0.1, -0.05) is 11.6 Å². The molecule has 0 unspecified atom stereocenters. The van der Waals surface area contributed by atoms with Crippen LogP contribution in [0.1, 0.15) is 20.8 Å². The highest BCUT2D eigenvalue weighted by Gasteiger charge is 2.30. The van der Waals surface area contributed by atoms with E-state index in [9.17, 15) is 14.9 Å². The van der Waals surface area contributed by atoms with E-state index in [4.69, 9.17) is 16.3 Å². The Labute approximate surface area is 129 Å². The highest BCUT2D eigenvalue weighted by atomic mass is 79.9. The molecular weight excluding hydrogens is 353 g/mol. The molecule has 1 rings (SSSR count). The molecule has 110 valence electrons. The lowest BCUT2D eigenvalue weighted by atomic mass is 10.2. The van der Waals surface area contributed by atoms with Crippen molar-refractivity contribution >= 4 is 45.1 Å². The van der Waals surface area contributed by atoms with Crippen molar-refractivity contribution in [1.29, 1.82) is 0 Å². The number of pyridine rings is 1. The quantitative estimate of drug-likeness (QED) is 0.587. The van der Waals surface area contributed by atoms with E-state index in [1.54, 1.807) is 20.8 Å². The third kappa shape index (κ3) is 3.80. The molecule has 0 aliphatic rings. The molecule has 0 fully saturated rings. The monoisotopic (exact) mass is 365 g/mol. The van der Waals surface area contributed by atoms with E-state index >= 15 is 0 Å². The van der Waals surface area contributed by atoms with Crippen molar-refractivity contribution in [2.24, 2.45) is 0 Å². The number of carbonyl (C=O) groups excluding carboxylic acids is 1. The van der Waals surface area contributed by atoms with Crippen molar-refractivity contribution < 1.29 is 14.5 Å². The van der Waals surface area contributed by atoms with Gasteiger partial charge in [-0.2, -0.15) is 0 Å². The number of nitro groups is 1. The second kappa shape index (κ2) is 5.92. The van der Waals surface area contributed by atoms with E-state index in [1.807, 2.05) is 0 Å². The minimum Gasteiger partial charge on any atom is -0.443 e. The molecule has 0 saturated heterocycles. The number of halogens is 2. The van der Waals surface area contributed by atoms with Crippen molar-refractivity contribution in [3.63, 3.8) is 0 Å². The van der Waals surface area contributed by atoms with Crippen LogP contribution in [0.5, 0.6) is 0 Å². The van der Waals surface area contributed by atoms with Gasteiger partial charge in [0.05, 0.1) is 9.40 Å². The summed E-state index contributed by atoms with van der Waals surface area (Å²) in [7, 11) is 1.33. The molecule has 1 aromatic rings. The lowest BCUT2D eigenvalue weighted by molar-refractivity contribution is -0.384. The number of nitrogens with zero attached hydrogens (tertiary/aromatic N) is 3. The average Bonchev–Trinajstić information content (AvgIpc) is 2.28. The van der Waals surface area contributed by atoms with Crippen molar-refractivity contribution in [3.05, 3.63) is 25.8 Å². The number of amides is 1. The number of hydrogen-bond donors (Lipinski definition) is 0. The molecule has 20 heavy (non-hydrogen) atoms. The Kier molecular flexibility index (Phi) is 4.93.